The van der Waals surface area contributed by atoms with Crippen LogP contribution in [0.2, 0.25) is 0 Å². The van der Waals surface area contributed by atoms with Crippen LogP contribution in [0.25, 0.3) is 0 Å². The highest BCUT2D eigenvalue weighted by molar-refractivity contribution is 9.10. The molecule has 1 aliphatic rings. The van der Waals surface area contributed by atoms with E-state index in [1.165, 1.54) is 18.2 Å². The number of hydrogen-bond acceptors (Lipinski definition) is 4. The summed E-state index contributed by atoms with van der Waals surface area (Å²) in [6.07, 6.45) is 1.56. The average Bonchev–Trinajstić information content (AvgIpc) is 3.11. The molecule has 0 saturated heterocycles. The third kappa shape index (κ3) is 2.97. The summed E-state index contributed by atoms with van der Waals surface area (Å²) in [6, 6.07) is 4.19. The van der Waals surface area contributed by atoms with Crippen molar-refractivity contribution in [2.45, 2.75) is 17.7 Å². The molecule has 0 aromatic heterocycles. The molecule has 0 aliphatic heterocycles. The number of nitrogens with one attached hydrogen (secondary N) is 1. The van der Waals surface area contributed by atoms with E-state index in [2.05, 4.69) is 21.2 Å². The lowest BCUT2D eigenvalue weighted by Crippen LogP contribution is -2.31. The van der Waals surface area contributed by atoms with Crippen LogP contribution in [0.3, 0.4) is 0 Å². The van der Waals surface area contributed by atoms with Crippen molar-refractivity contribution in [2.24, 2.45) is 16.3 Å². The van der Waals surface area contributed by atoms with E-state index in [4.69, 9.17) is 10.9 Å². The lowest BCUT2D eigenvalue weighted by atomic mass is 10.1. The standard InChI is InChI=1S/C11H14BrN3O3S/c12-8-5-7(19(14,17)18)1-2-9(8)15-10(16)11(6-13)3-4-11/h1-2,5H,3-4,6,13H2,(H,15,16)(H2,14,17,18). The van der Waals surface area contributed by atoms with Crippen LogP contribution in [0.1, 0.15) is 12.8 Å². The highest BCUT2D eigenvalue weighted by Crippen LogP contribution is 2.45. The highest BCUT2D eigenvalue weighted by Gasteiger charge is 2.48. The van der Waals surface area contributed by atoms with Crippen LogP contribution in [-0.2, 0) is 14.8 Å². The van der Waals surface area contributed by atoms with Crippen molar-refractivity contribution in [3.63, 3.8) is 0 Å². The van der Waals surface area contributed by atoms with Gasteiger partial charge in [-0.3, -0.25) is 4.79 Å². The normalized spacial score (nSPS) is 17.0. The van der Waals surface area contributed by atoms with E-state index in [0.29, 0.717) is 16.7 Å². The number of carbonyl (C=O) groups excluding carboxylic acids is 1. The third-order valence-corrected chi connectivity index (χ3v) is 4.81. The first-order valence-corrected chi connectivity index (χ1v) is 7.96. The van der Waals surface area contributed by atoms with Gasteiger partial charge in [0, 0.05) is 11.0 Å². The third-order valence-electron chi connectivity index (χ3n) is 3.24. The number of carbonyl (C=O) groups is 1. The van der Waals surface area contributed by atoms with Crippen molar-refractivity contribution in [2.75, 3.05) is 11.9 Å². The zero-order valence-corrected chi connectivity index (χ0v) is 12.4. The van der Waals surface area contributed by atoms with Gasteiger partial charge in [0.2, 0.25) is 15.9 Å². The number of nitrogens with two attached hydrogens (primary N) is 2. The van der Waals surface area contributed by atoms with Gasteiger partial charge in [-0.25, -0.2) is 13.6 Å². The molecule has 0 spiro atoms. The number of sulfonamides is 1. The van der Waals surface area contributed by atoms with Crippen LogP contribution in [0.4, 0.5) is 5.69 Å². The van der Waals surface area contributed by atoms with Crippen LogP contribution < -0.4 is 16.2 Å². The number of anilines is 1. The Bertz CT molecular complexity index is 626. The SMILES string of the molecule is NCC1(C(=O)Nc2ccc(S(N)(=O)=O)cc2Br)CC1. The minimum absolute atomic E-state index is 0.0164. The molecule has 0 radical (unpaired) electrons. The number of amides is 1. The van der Waals surface area contributed by atoms with Gasteiger partial charge in [-0.05, 0) is 47.0 Å². The van der Waals surface area contributed by atoms with E-state index in [9.17, 15) is 13.2 Å². The molecular weight excluding hydrogens is 334 g/mol. The first kappa shape index (κ1) is 14.4. The Morgan fingerprint density at radius 1 is 1.42 bits per heavy atom. The smallest absolute Gasteiger partial charge is 0.238 e. The Balaban J connectivity index is 2.21. The topological polar surface area (TPSA) is 115 Å². The van der Waals surface area contributed by atoms with Gasteiger partial charge in [-0.1, -0.05) is 0 Å². The van der Waals surface area contributed by atoms with E-state index in [1.54, 1.807) is 0 Å². The molecule has 1 fully saturated rings. The lowest BCUT2D eigenvalue weighted by Gasteiger charge is -2.14. The zero-order chi connectivity index (χ0) is 14.3. The summed E-state index contributed by atoms with van der Waals surface area (Å²) in [5.41, 5.74) is 5.61. The molecule has 0 bridgehead atoms. The quantitative estimate of drug-likeness (QED) is 0.745. The Kier molecular flexibility index (Phi) is 3.69. The van der Waals surface area contributed by atoms with Gasteiger partial charge in [0.15, 0.2) is 0 Å². The first-order chi connectivity index (χ1) is 8.78. The molecule has 1 aliphatic carbocycles. The summed E-state index contributed by atoms with van der Waals surface area (Å²) >= 11 is 3.21. The molecule has 1 aromatic rings. The minimum atomic E-state index is -3.75. The fourth-order valence-electron chi connectivity index (χ4n) is 1.70. The molecule has 1 saturated carbocycles. The summed E-state index contributed by atoms with van der Waals surface area (Å²) in [5.74, 6) is -0.140. The number of hydrogen-bond donors (Lipinski definition) is 3. The van der Waals surface area contributed by atoms with Crippen molar-refractivity contribution in [3.05, 3.63) is 22.7 Å². The monoisotopic (exact) mass is 347 g/mol. The number of benzene rings is 1. The molecule has 0 atom stereocenters. The predicted molar refractivity (Wildman–Crippen MR) is 74.9 cm³/mol. The zero-order valence-electron chi connectivity index (χ0n) is 10.0. The molecule has 8 heteroatoms. The maximum atomic E-state index is 12.0. The van der Waals surface area contributed by atoms with Gasteiger partial charge in [-0.2, -0.15) is 0 Å². The molecule has 0 heterocycles. The molecule has 19 heavy (non-hydrogen) atoms. The van der Waals surface area contributed by atoms with Crippen LogP contribution in [0.15, 0.2) is 27.6 Å². The predicted octanol–water partition coefficient (Wildman–Crippen LogP) is 0.774. The van der Waals surface area contributed by atoms with Crippen molar-refractivity contribution in [3.8, 4) is 0 Å². The Hall–Kier alpha value is -0.960. The molecule has 1 aromatic carbocycles. The van der Waals surface area contributed by atoms with Gasteiger partial charge in [0.05, 0.1) is 16.0 Å². The van der Waals surface area contributed by atoms with Crippen LogP contribution in [0.5, 0.6) is 0 Å². The van der Waals surface area contributed by atoms with Crippen LogP contribution in [0, 0.1) is 5.41 Å². The molecule has 0 unspecified atom stereocenters. The van der Waals surface area contributed by atoms with Crippen LogP contribution in [-0.4, -0.2) is 20.9 Å². The highest BCUT2D eigenvalue weighted by atomic mass is 79.9. The second-order valence-corrected chi connectivity index (χ2v) is 7.04. The number of primary sulfonamides is 1. The second kappa shape index (κ2) is 4.86. The number of halogens is 1. The summed E-state index contributed by atoms with van der Waals surface area (Å²) in [6.45, 7) is 0.311. The average molecular weight is 348 g/mol. The van der Waals surface area contributed by atoms with Crippen molar-refractivity contribution in [1.82, 2.24) is 0 Å². The molecule has 1 amide bonds. The minimum Gasteiger partial charge on any atom is -0.329 e. The fraction of sp³-hybridized carbons (Fsp3) is 0.364. The van der Waals surface area contributed by atoms with E-state index < -0.39 is 15.4 Å². The van der Waals surface area contributed by atoms with E-state index in [-0.39, 0.29) is 10.8 Å². The molecular formula is C11H14BrN3O3S. The summed E-state index contributed by atoms with van der Waals surface area (Å²) in [4.78, 5) is 12.0. The molecule has 6 nitrogen and oxygen atoms in total. The Labute approximate surface area is 119 Å². The fourth-order valence-corrected chi connectivity index (χ4v) is 2.87. The Morgan fingerprint density at radius 3 is 2.47 bits per heavy atom. The van der Waals surface area contributed by atoms with Gasteiger partial charge in [0.1, 0.15) is 0 Å². The second-order valence-electron chi connectivity index (χ2n) is 4.63. The van der Waals surface area contributed by atoms with Gasteiger partial charge in [0.25, 0.3) is 0 Å². The molecule has 5 N–H and O–H groups in total. The van der Waals surface area contributed by atoms with E-state index >= 15 is 0 Å². The van der Waals surface area contributed by atoms with Crippen LogP contribution >= 0.6 is 15.9 Å². The maximum Gasteiger partial charge on any atom is 0.238 e. The van der Waals surface area contributed by atoms with Crippen molar-refractivity contribution in [1.29, 1.82) is 0 Å². The first-order valence-electron chi connectivity index (χ1n) is 5.62. The largest absolute Gasteiger partial charge is 0.329 e. The van der Waals surface area contributed by atoms with E-state index in [0.717, 1.165) is 12.8 Å². The number of rotatable bonds is 4. The van der Waals surface area contributed by atoms with E-state index in [1.807, 2.05) is 0 Å². The maximum absolute atomic E-state index is 12.0. The van der Waals surface area contributed by atoms with Gasteiger partial charge >= 0.3 is 0 Å². The molecule has 104 valence electrons. The van der Waals surface area contributed by atoms with Gasteiger partial charge < -0.3 is 11.1 Å². The van der Waals surface area contributed by atoms with Gasteiger partial charge in [-0.15, -0.1) is 0 Å². The van der Waals surface area contributed by atoms with Crippen molar-refractivity contribution >= 4 is 37.5 Å². The summed E-state index contributed by atoms with van der Waals surface area (Å²) in [7, 11) is -3.75. The molecule has 2 rings (SSSR count). The lowest BCUT2D eigenvalue weighted by molar-refractivity contribution is -0.120. The summed E-state index contributed by atoms with van der Waals surface area (Å²) in [5, 5.41) is 7.77. The Morgan fingerprint density at radius 2 is 2.05 bits per heavy atom. The summed E-state index contributed by atoms with van der Waals surface area (Å²) < 4.78 is 22.8. The van der Waals surface area contributed by atoms with Crippen molar-refractivity contribution < 1.29 is 13.2 Å².